The maximum atomic E-state index is 11.6. The van der Waals surface area contributed by atoms with Gasteiger partial charge in [-0.2, -0.15) is 5.26 Å². The van der Waals surface area contributed by atoms with Crippen molar-refractivity contribution < 1.29 is 9.53 Å². The van der Waals surface area contributed by atoms with Crippen LogP contribution in [0.1, 0.15) is 30.2 Å². The maximum Gasteiger partial charge on any atom is 0.318 e. The molecule has 1 heterocycles. The summed E-state index contributed by atoms with van der Waals surface area (Å²) < 4.78 is 4.77. The molecule has 1 aromatic carbocycles. The maximum absolute atomic E-state index is 11.6. The first kappa shape index (κ1) is 17.2. The summed E-state index contributed by atoms with van der Waals surface area (Å²) in [4.78, 5) is 20.9. The van der Waals surface area contributed by atoms with Crippen molar-refractivity contribution in [2.75, 3.05) is 12.4 Å². The number of rotatable bonds is 5. The van der Waals surface area contributed by atoms with Gasteiger partial charge in [-0.1, -0.05) is 11.8 Å². The van der Waals surface area contributed by atoms with Crippen molar-refractivity contribution in [3.8, 4) is 6.07 Å². The molecule has 1 aromatic heterocycles. The summed E-state index contributed by atoms with van der Waals surface area (Å²) in [5.41, 5.74) is 3.63. The number of hydrogen-bond donors (Lipinski definition) is 1. The standard InChI is InChI=1S/C18H18N4O2S/c1-11(17(23)24-2)25-18-21-15-5-3-4-14(15)16(22-18)20-13-8-6-12(10-19)7-9-13/h6-9,11H,3-5H2,1-2H3,(H,20,21,22). The van der Waals surface area contributed by atoms with Crippen LogP contribution < -0.4 is 5.32 Å². The summed E-state index contributed by atoms with van der Waals surface area (Å²) in [5.74, 6) is 0.475. The topological polar surface area (TPSA) is 87.9 Å². The quantitative estimate of drug-likeness (QED) is 0.501. The van der Waals surface area contributed by atoms with Crippen molar-refractivity contribution in [1.29, 1.82) is 5.26 Å². The Bertz CT molecular complexity index is 830. The van der Waals surface area contributed by atoms with Gasteiger partial charge in [-0.25, -0.2) is 9.97 Å². The molecular weight excluding hydrogens is 336 g/mol. The SMILES string of the molecule is COC(=O)C(C)Sc1nc2c(c(Nc3ccc(C#N)cc3)n1)CCC2. The molecule has 1 aliphatic rings. The second-order valence-corrected chi connectivity index (χ2v) is 7.04. The first-order chi connectivity index (χ1) is 12.1. The number of nitrogens with zero attached hydrogens (tertiary/aromatic N) is 3. The molecule has 0 spiro atoms. The Hall–Kier alpha value is -2.59. The van der Waals surface area contributed by atoms with Gasteiger partial charge in [0.05, 0.1) is 24.4 Å². The van der Waals surface area contributed by atoms with E-state index in [4.69, 9.17) is 10.00 Å². The number of carbonyl (C=O) groups is 1. The molecule has 0 saturated heterocycles. The molecule has 3 rings (SSSR count). The molecule has 0 fully saturated rings. The normalized spacial score (nSPS) is 13.6. The molecule has 1 aliphatic carbocycles. The van der Waals surface area contributed by atoms with Gasteiger partial charge < -0.3 is 10.1 Å². The predicted octanol–water partition coefficient (Wildman–Crippen LogP) is 3.23. The van der Waals surface area contributed by atoms with E-state index in [-0.39, 0.29) is 11.2 Å². The molecule has 25 heavy (non-hydrogen) atoms. The molecular formula is C18H18N4O2S. The largest absolute Gasteiger partial charge is 0.468 e. The van der Waals surface area contributed by atoms with Crippen molar-refractivity contribution in [2.24, 2.45) is 0 Å². The van der Waals surface area contributed by atoms with Crippen LogP contribution in [0, 0.1) is 11.3 Å². The molecule has 128 valence electrons. The average Bonchev–Trinajstić information content (AvgIpc) is 3.10. The van der Waals surface area contributed by atoms with Gasteiger partial charge in [0.15, 0.2) is 5.16 Å². The fraction of sp³-hybridized carbons (Fsp3) is 0.333. The summed E-state index contributed by atoms with van der Waals surface area (Å²) in [5, 5.41) is 12.4. The third-order valence-corrected chi connectivity index (χ3v) is 4.94. The minimum atomic E-state index is -0.368. The molecule has 2 aromatic rings. The number of ether oxygens (including phenoxy) is 1. The van der Waals surface area contributed by atoms with Gasteiger partial charge in [0.25, 0.3) is 0 Å². The van der Waals surface area contributed by atoms with Crippen molar-refractivity contribution >= 4 is 29.2 Å². The second-order valence-electron chi connectivity index (χ2n) is 5.73. The molecule has 1 unspecified atom stereocenters. The number of hydrogen-bond acceptors (Lipinski definition) is 7. The van der Waals surface area contributed by atoms with E-state index in [0.29, 0.717) is 10.7 Å². The van der Waals surface area contributed by atoms with Crippen molar-refractivity contribution in [3.05, 3.63) is 41.1 Å². The summed E-state index contributed by atoms with van der Waals surface area (Å²) in [7, 11) is 1.38. The lowest BCUT2D eigenvalue weighted by molar-refractivity contribution is -0.139. The van der Waals surface area contributed by atoms with E-state index in [1.54, 1.807) is 19.1 Å². The molecule has 0 amide bonds. The Morgan fingerprint density at radius 3 is 2.76 bits per heavy atom. The van der Waals surface area contributed by atoms with E-state index in [2.05, 4.69) is 21.4 Å². The zero-order valence-electron chi connectivity index (χ0n) is 14.1. The van der Waals surface area contributed by atoms with Crippen molar-refractivity contribution in [2.45, 2.75) is 36.6 Å². The molecule has 0 saturated carbocycles. The number of methoxy groups -OCH3 is 1. The summed E-state index contributed by atoms with van der Waals surface area (Å²) >= 11 is 1.29. The lowest BCUT2D eigenvalue weighted by atomic mass is 10.2. The number of nitrogens with one attached hydrogen (secondary N) is 1. The molecule has 1 N–H and O–H groups in total. The van der Waals surface area contributed by atoms with Crippen LogP contribution in [0.5, 0.6) is 0 Å². The van der Waals surface area contributed by atoms with E-state index in [1.165, 1.54) is 18.9 Å². The second kappa shape index (κ2) is 7.53. The third-order valence-electron chi connectivity index (χ3n) is 4.00. The highest BCUT2D eigenvalue weighted by Crippen LogP contribution is 2.32. The molecule has 1 atom stereocenters. The van der Waals surface area contributed by atoms with Crippen LogP contribution in [0.4, 0.5) is 11.5 Å². The Kier molecular flexibility index (Phi) is 5.19. The number of benzene rings is 1. The summed E-state index contributed by atoms with van der Waals surface area (Å²) in [6.45, 7) is 1.78. The molecule has 0 aliphatic heterocycles. The van der Waals surface area contributed by atoms with Gasteiger partial charge in [-0.05, 0) is 50.5 Å². The van der Waals surface area contributed by atoms with Gasteiger partial charge in [0.1, 0.15) is 11.1 Å². The zero-order valence-corrected chi connectivity index (χ0v) is 14.9. The number of carbonyl (C=O) groups excluding carboxylic acids is 1. The van der Waals surface area contributed by atoms with Crippen LogP contribution in [0.25, 0.3) is 0 Å². The molecule has 6 nitrogen and oxygen atoms in total. The number of aromatic nitrogens is 2. The molecule has 0 bridgehead atoms. The van der Waals surface area contributed by atoms with E-state index in [9.17, 15) is 4.79 Å². The lowest BCUT2D eigenvalue weighted by Crippen LogP contribution is -2.15. The fourth-order valence-electron chi connectivity index (χ4n) is 2.70. The summed E-state index contributed by atoms with van der Waals surface area (Å²) in [6, 6.07) is 9.34. The minimum absolute atomic E-state index is 0.296. The monoisotopic (exact) mass is 354 g/mol. The first-order valence-electron chi connectivity index (χ1n) is 8.02. The minimum Gasteiger partial charge on any atom is -0.468 e. The Balaban J connectivity index is 1.87. The van der Waals surface area contributed by atoms with Gasteiger partial charge in [0, 0.05) is 11.3 Å². The van der Waals surface area contributed by atoms with E-state index in [0.717, 1.165) is 42.0 Å². The Morgan fingerprint density at radius 1 is 1.32 bits per heavy atom. The average molecular weight is 354 g/mol. The van der Waals surface area contributed by atoms with E-state index < -0.39 is 0 Å². The lowest BCUT2D eigenvalue weighted by Gasteiger charge is -2.13. The number of fused-ring (bicyclic) bond motifs is 1. The number of esters is 1. The van der Waals surface area contributed by atoms with Crippen LogP contribution in [-0.4, -0.2) is 28.3 Å². The van der Waals surface area contributed by atoms with Gasteiger partial charge in [-0.3, -0.25) is 4.79 Å². The van der Waals surface area contributed by atoms with Crippen LogP contribution in [0.2, 0.25) is 0 Å². The number of thioether (sulfide) groups is 1. The van der Waals surface area contributed by atoms with Crippen LogP contribution >= 0.6 is 11.8 Å². The van der Waals surface area contributed by atoms with Crippen LogP contribution in [-0.2, 0) is 22.4 Å². The molecule has 0 radical (unpaired) electrons. The first-order valence-corrected chi connectivity index (χ1v) is 8.90. The van der Waals surface area contributed by atoms with Crippen molar-refractivity contribution in [1.82, 2.24) is 9.97 Å². The van der Waals surface area contributed by atoms with E-state index in [1.807, 2.05) is 12.1 Å². The highest BCUT2D eigenvalue weighted by molar-refractivity contribution is 8.00. The number of anilines is 2. The van der Waals surface area contributed by atoms with Gasteiger partial charge in [-0.15, -0.1) is 0 Å². The predicted molar refractivity (Wildman–Crippen MR) is 95.8 cm³/mol. The smallest absolute Gasteiger partial charge is 0.318 e. The van der Waals surface area contributed by atoms with Gasteiger partial charge in [0.2, 0.25) is 0 Å². The Labute approximate surface area is 150 Å². The third kappa shape index (κ3) is 3.91. The van der Waals surface area contributed by atoms with Crippen LogP contribution in [0.15, 0.2) is 29.4 Å². The van der Waals surface area contributed by atoms with Crippen LogP contribution in [0.3, 0.4) is 0 Å². The Morgan fingerprint density at radius 2 is 2.08 bits per heavy atom. The zero-order chi connectivity index (χ0) is 17.8. The van der Waals surface area contributed by atoms with E-state index >= 15 is 0 Å². The molecule has 7 heteroatoms. The number of aryl methyl sites for hydroxylation is 1. The van der Waals surface area contributed by atoms with Gasteiger partial charge >= 0.3 is 5.97 Å². The fourth-order valence-corrected chi connectivity index (χ4v) is 3.52. The highest BCUT2D eigenvalue weighted by atomic mass is 32.2. The number of nitriles is 1. The highest BCUT2D eigenvalue weighted by Gasteiger charge is 2.22. The van der Waals surface area contributed by atoms with Crippen molar-refractivity contribution in [3.63, 3.8) is 0 Å². The summed E-state index contributed by atoms with van der Waals surface area (Å²) in [6.07, 6.45) is 2.90.